The van der Waals surface area contributed by atoms with Crippen LogP contribution in [0.2, 0.25) is 5.02 Å². The van der Waals surface area contributed by atoms with Crippen LogP contribution in [0.5, 0.6) is 23.0 Å². The molecular formula is C28H27ClNO4+. The first-order valence-electron chi connectivity index (χ1n) is 11.2. The maximum absolute atomic E-state index is 6.61. The second-order valence-electron chi connectivity index (χ2n) is 8.29. The number of pyridine rings is 1. The van der Waals surface area contributed by atoms with Gasteiger partial charge in [-0.2, -0.15) is 4.57 Å². The SMILES string of the molecule is COc1cc2c(cc1OC)-c1c(Cc3ccccc3Cl)c3ccc(OC)c(OC)c3c[n+]1CC2. The minimum Gasteiger partial charge on any atom is -0.493 e. The van der Waals surface area contributed by atoms with Gasteiger partial charge >= 0.3 is 0 Å². The molecule has 0 N–H and O–H groups in total. The topological polar surface area (TPSA) is 40.8 Å². The summed E-state index contributed by atoms with van der Waals surface area (Å²) in [7, 11) is 6.69. The lowest BCUT2D eigenvalue weighted by Crippen LogP contribution is -2.41. The van der Waals surface area contributed by atoms with E-state index >= 15 is 0 Å². The molecule has 0 saturated heterocycles. The van der Waals surface area contributed by atoms with Crippen LogP contribution in [0, 0.1) is 0 Å². The Morgan fingerprint density at radius 2 is 1.56 bits per heavy atom. The van der Waals surface area contributed by atoms with Gasteiger partial charge in [0.15, 0.2) is 35.7 Å². The summed E-state index contributed by atoms with van der Waals surface area (Å²) in [6.45, 7) is 0.837. The van der Waals surface area contributed by atoms with Crippen molar-refractivity contribution in [1.82, 2.24) is 0 Å². The molecule has 1 aliphatic heterocycles. The minimum atomic E-state index is 0.676. The molecule has 0 unspecified atom stereocenters. The van der Waals surface area contributed by atoms with Crippen LogP contribution in [-0.4, -0.2) is 28.4 Å². The number of aromatic nitrogens is 1. The lowest BCUT2D eigenvalue weighted by atomic mass is 9.88. The van der Waals surface area contributed by atoms with Crippen molar-refractivity contribution in [2.24, 2.45) is 0 Å². The summed E-state index contributed by atoms with van der Waals surface area (Å²) in [6, 6.07) is 16.3. The number of ether oxygens (including phenoxy) is 4. The first-order valence-corrected chi connectivity index (χ1v) is 11.6. The van der Waals surface area contributed by atoms with Gasteiger partial charge in [0.2, 0.25) is 5.69 Å². The van der Waals surface area contributed by atoms with Crippen molar-refractivity contribution < 1.29 is 23.5 Å². The maximum atomic E-state index is 6.61. The molecule has 4 aromatic rings. The Morgan fingerprint density at radius 3 is 2.26 bits per heavy atom. The number of halogens is 1. The van der Waals surface area contributed by atoms with Crippen LogP contribution in [0.15, 0.2) is 54.7 Å². The molecule has 34 heavy (non-hydrogen) atoms. The van der Waals surface area contributed by atoms with Crippen LogP contribution in [0.1, 0.15) is 16.7 Å². The third kappa shape index (κ3) is 3.61. The lowest BCUT2D eigenvalue weighted by molar-refractivity contribution is -0.686. The zero-order chi connectivity index (χ0) is 23.8. The molecule has 6 heteroatoms. The van der Waals surface area contributed by atoms with Gasteiger partial charge in [0.05, 0.1) is 39.4 Å². The molecule has 1 aromatic heterocycles. The largest absolute Gasteiger partial charge is 0.493 e. The summed E-state index contributed by atoms with van der Waals surface area (Å²) in [5, 5.41) is 2.87. The highest BCUT2D eigenvalue weighted by atomic mass is 35.5. The van der Waals surface area contributed by atoms with Gasteiger partial charge in [-0.3, -0.25) is 0 Å². The second kappa shape index (κ2) is 9.07. The van der Waals surface area contributed by atoms with Gasteiger partial charge in [0, 0.05) is 28.8 Å². The van der Waals surface area contributed by atoms with Crippen LogP contribution in [0.25, 0.3) is 22.0 Å². The van der Waals surface area contributed by atoms with Crippen LogP contribution in [0.4, 0.5) is 0 Å². The predicted molar refractivity (Wildman–Crippen MR) is 134 cm³/mol. The maximum Gasteiger partial charge on any atom is 0.217 e. The number of hydrogen-bond acceptors (Lipinski definition) is 4. The van der Waals surface area contributed by atoms with Crippen molar-refractivity contribution in [3.63, 3.8) is 0 Å². The van der Waals surface area contributed by atoms with E-state index < -0.39 is 0 Å². The van der Waals surface area contributed by atoms with E-state index in [1.165, 1.54) is 11.1 Å². The van der Waals surface area contributed by atoms with Crippen LogP contribution in [0.3, 0.4) is 0 Å². The molecule has 0 fully saturated rings. The highest BCUT2D eigenvalue weighted by molar-refractivity contribution is 6.31. The van der Waals surface area contributed by atoms with Gasteiger partial charge in [0.25, 0.3) is 0 Å². The van der Waals surface area contributed by atoms with E-state index in [1.54, 1.807) is 28.4 Å². The van der Waals surface area contributed by atoms with Crippen molar-refractivity contribution in [3.8, 4) is 34.3 Å². The fourth-order valence-electron chi connectivity index (χ4n) is 4.96. The van der Waals surface area contributed by atoms with Crippen LogP contribution in [-0.2, 0) is 19.4 Å². The number of benzene rings is 3. The van der Waals surface area contributed by atoms with Gasteiger partial charge < -0.3 is 18.9 Å². The van der Waals surface area contributed by atoms with Crippen molar-refractivity contribution in [2.75, 3.05) is 28.4 Å². The Bertz CT molecular complexity index is 1400. The number of aryl methyl sites for hydroxylation is 2. The van der Waals surface area contributed by atoms with Crippen LogP contribution >= 0.6 is 11.6 Å². The molecular weight excluding hydrogens is 450 g/mol. The molecule has 0 radical (unpaired) electrons. The normalized spacial score (nSPS) is 12.1. The second-order valence-corrected chi connectivity index (χ2v) is 8.70. The van der Waals surface area contributed by atoms with E-state index in [2.05, 4.69) is 35.0 Å². The fourth-order valence-corrected chi connectivity index (χ4v) is 5.16. The van der Waals surface area contributed by atoms with E-state index in [9.17, 15) is 0 Å². The average Bonchev–Trinajstić information content (AvgIpc) is 2.87. The molecule has 0 bridgehead atoms. The Kier molecular flexibility index (Phi) is 5.96. The molecule has 0 saturated carbocycles. The Morgan fingerprint density at radius 1 is 0.824 bits per heavy atom. The van der Waals surface area contributed by atoms with E-state index in [4.69, 9.17) is 30.5 Å². The Labute approximate surface area is 204 Å². The Hall–Kier alpha value is -3.44. The third-order valence-electron chi connectivity index (χ3n) is 6.58. The zero-order valence-electron chi connectivity index (χ0n) is 19.8. The highest BCUT2D eigenvalue weighted by Crippen LogP contribution is 2.43. The van der Waals surface area contributed by atoms with Gasteiger partial charge in [-0.05, 0) is 41.5 Å². The summed E-state index contributed by atoms with van der Waals surface area (Å²) >= 11 is 6.61. The van der Waals surface area contributed by atoms with Gasteiger partial charge in [0.1, 0.15) is 0 Å². The zero-order valence-corrected chi connectivity index (χ0v) is 20.5. The van der Waals surface area contributed by atoms with Gasteiger partial charge in [-0.25, -0.2) is 0 Å². The molecule has 0 amide bonds. The number of methoxy groups -OCH3 is 4. The molecule has 3 aromatic carbocycles. The summed E-state index contributed by atoms with van der Waals surface area (Å²) in [6.07, 6.45) is 3.73. The minimum absolute atomic E-state index is 0.676. The van der Waals surface area contributed by atoms with E-state index in [0.29, 0.717) is 17.9 Å². The molecule has 1 aliphatic rings. The first-order chi connectivity index (χ1) is 16.6. The van der Waals surface area contributed by atoms with Crippen molar-refractivity contribution in [2.45, 2.75) is 19.4 Å². The molecule has 5 rings (SSSR count). The number of nitrogens with zero attached hydrogens (tertiary/aromatic N) is 1. The summed E-state index contributed by atoms with van der Waals surface area (Å²) < 4.78 is 24.9. The quantitative estimate of drug-likeness (QED) is 0.338. The van der Waals surface area contributed by atoms with Crippen molar-refractivity contribution in [1.29, 1.82) is 0 Å². The number of hydrogen-bond donors (Lipinski definition) is 0. The Balaban J connectivity index is 1.85. The van der Waals surface area contributed by atoms with E-state index in [1.807, 2.05) is 24.3 Å². The standard InChI is InChI=1S/C28H27ClNO4/c1-31-24-10-9-19-21(13-18-7-5-6-8-23(18)29)27-20-15-26(33-3)25(32-2)14-17(20)11-12-30(27)16-22(19)28(24)34-4/h5-10,14-16H,11-13H2,1-4H3/q+1. The lowest BCUT2D eigenvalue weighted by Gasteiger charge is -2.22. The van der Waals surface area contributed by atoms with E-state index in [-0.39, 0.29) is 0 Å². The van der Waals surface area contributed by atoms with Gasteiger partial charge in [-0.1, -0.05) is 29.8 Å². The van der Waals surface area contributed by atoms with Crippen molar-refractivity contribution in [3.05, 3.63) is 76.4 Å². The predicted octanol–water partition coefficient (Wildman–Crippen LogP) is 5.63. The molecule has 0 spiro atoms. The summed E-state index contributed by atoms with van der Waals surface area (Å²) in [5.74, 6) is 2.90. The van der Waals surface area contributed by atoms with Gasteiger partial charge in [-0.15, -0.1) is 0 Å². The van der Waals surface area contributed by atoms with E-state index in [0.717, 1.165) is 57.1 Å². The monoisotopic (exact) mass is 476 g/mol. The summed E-state index contributed by atoms with van der Waals surface area (Å²) in [4.78, 5) is 0. The number of fused-ring (bicyclic) bond motifs is 4. The highest BCUT2D eigenvalue weighted by Gasteiger charge is 2.31. The smallest absolute Gasteiger partial charge is 0.217 e. The number of rotatable bonds is 6. The molecule has 2 heterocycles. The summed E-state index contributed by atoms with van der Waals surface area (Å²) in [5.41, 5.74) is 5.78. The molecule has 5 nitrogen and oxygen atoms in total. The first kappa shape index (κ1) is 22.4. The van der Waals surface area contributed by atoms with Crippen molar-refractivity contribution >= 4 is 22.4 Å². The molecule has 174 valence electrons. The molecule has 0 atom stereocenters. The average molecular weight is 477 g/mol. The third-order valence-corrected chi connectivity index (χ3v) is 6.95. The fraction of sp³-hybridized carbons (Fsp3) is 0.250. The van der Waals surface area contributed by atoms with Crippen LogP contribution < -0.4 is 23.5 Å². The molecule has 0 aliphatic carbocycles.